The summed E-state index contributed by atoms with van der Waals surface area (Å²) in [6.07, 6.45) is 4.28. The largest absolute Gasteiger partial charge is 0.312 e. The van der Waals surface area contributed by atoms with E-state index in [4.69, 9.17) is 0 Å². The smallest absolute Gasteiger partial charge is 0.0650 e. The van der Waals surface area contributed by atoms with E-state index in [1.165, 1.54) is 24.0 Å². The van der Waals surface area contributed by atoms with Crippen LogP contribution in [0.4, 0.5) is 0 Å². The summed E-state index contributed by atoms with van der Waals surface area (Å²) in [5, 5.41) is 10.5. The molecule has 0 saturated heterocycles. The molecule has 0 aliphatic heterocycles. The number of hydrogen-bond acceptors (Lipinski definition) is 2. The van der Waals surface area contributed by atoms with Gasteiger partial charge in [0.25, 0.3) is 0 Å². The zero-order chi connectivity index (χ0) is 13.5. The third-order valence-corrected chi connectivity index (χ3v) is 3.68. The van der Waals surface area contributed by atoms with E-state index in [1.807, 2.05) is 6.07 Å². The van der Waals surface area contributed by atoms with Gasteiger partial charge in [0.1, 0.15) is 0 Å². The van der Waals surface area contributed by atoms with Crippen LogP contribution in [0.25, 0.3) is 11.3 Å². The molecule has 0 aliphatic carbocycles. The van der Waals surface area contributed by atoms with Gasteiger partial charge in [0.2, 0.25) is 0 Å². The number of rotatable bonds is 7. The molecule has 1 heterocycles. The minimum Gasteiger partial charge on any atom is -0.312 e. The lowest BCUT2D eigenvalue weighted by Gasteiger charge is -2.13. The third-order valence-electron chi connectivity index (χ3n) is 3.68. The maximum atomic E-state index is 3.97. The minimum atomic E-state index is 0.796. The first-order valence-corrected chi connectivity index (χ1v) is 7.12. The molecule has 3 nitrogen and oxygen atoms in total. The predicted octanol–water partition coefficient (Wildman–Crippen LogP) is 3.60. The maximum absolute atomic E-state index is 3.97. The molecule has 0 fully saturated rings. The van der Waals surface area contributed by atoms with Gasteiger partial charge in [-0.05, 0) is 29.7 Å². The Morgan fingerprint density at radius 1 is 1.11 bits per heavy atom. The number of nitrogens with zero attached hydrogens (tertiary/aromatic N) is 1. The van der Waals surface area contributed by atoms with Crippen LogP contribution in [-0.4, -0.2) is 16.7 Å². The topological polar surface area (TPSA) is 40.7 Å². The molecule has 0 radical (unpaired) electrons. The lowest BCUT2D eigenvalue weighted by molar-refractivity contribution is 0.449. The molecule has 0 bridgehead atoms. The molecule has 2 N–H and O–H groups in total. The minimum absolute atomic E-state index is 0.796. The van der Waals surface area contributed by atoms with Crippen LogP contribution in [0.5, 0.6) is 0 Å². The average Bonchev–Trinajstić information content (AvgIpc) is 2.98. The second kappa shape index (κ2) is 7.10. The molecular formula is C16H23N3. The van der Waals surface area contributed by atoms with Crippen molar-refractivity contribution in [2.24, 2.45) is 5.92 Å². The summed E-state index contributed by atoms with van der Waals surface area (Å²) >= 11 is 0. The van der Waals surface area contributed by atoms with Gasteiger partial charge in [0.15, 0.2) is 0 Å². The highest BCUT2D eigenvalue weighted by molar-refractivity contribution is 5.58. The fourth-order valence-electron chi connectivity index (χ4n) is 2.22. The van der Waals surface area contributed by atoms with E-state index in [0.717, 1.165) is 24.7 Å². The number of hydrogen-bond donors (Lipinski definition) is 2. The molecule has 0 saturated carbocycles. The summed E-state index contributed by atoms with van der Waals surface area (Å²) in [5.74, 6) is 0.796. The Kier molecular flexibility index (Phi) is 5.16. The third kappa shape index (κ3) is 3.93. The Bertz CT molecular complexity index is 455. The van der Waals surface area contributed by atoms with E-state index in [2.05, 4.69) is 53.6 Å². The Balaban J connectivity index is 1.85. The first-order chi connectivity index (χ1) is 9.33. The van der Waals surface area contributed by atoms with E-state index in [1.54, 1.807) is 6.20 Å². The predicted molar refractivity (Wildman–Crippen MR) is 79.8 cm³/mol. The summed E-state index contributed by atoms with van der Waals surface area (Å²) < 4.78 is 0. The van der Waals surface area contributed by atoms with E-state index in [-0.39, 0.29) is 0 Å². The number of nitrogens with one attached hydrogen (secondary N) is 2. The van der Waals surface area contributed by atoms with Crippen LogP contribution in [0.3, 0.4) is 0 Å². The highest BCUT2D eigenvalue weighted by Crippen LogP contribution is 2.16. The van der Waals surface area contributed by atoms with E-state index >= 15 is 0 Å². The molecule has 3 heteroatoms. The standard InChI is InChI=1S/C16H23N3/c1-3-13(4-2)11-17-12-14-5-7-15(8-6-14)16-9-10-18-19-16/h5-10,13,17H,3-4,11-12H2,1-2H3,(H,18,19). The average molecular weight is 257 g/mol. The molecule has 0 unspecified atom stereocenters. The van der Waals surface area contributed by atoms with Crippen LogP contribution in [0.2, 0.25) is 0 Å². The van der Waals surface area contributed by atoms with Gasteiger partial charge in [0.05, 0.1) is 5.69 Å². The van der Waals surface area contributed by atoms with Gasteiger partial charge in [-0.3, -0.25) is 5.10 Å². The van der Waals surface area contributed by atoms with Crippen LogP contribution in [-0.2, 0) is 6.54 Å². The molecule has 0 atom stereocenters. The summed E-state index contributed by atoms with van der Waals surface area (Å²) in [6.45, 7) is 6.57. The molecule has 2 rings (SSSR count). The highest BCUT2D eigenvalue weighted by Gasteiger charge is 2.03. The van der Waals surface area contributed by atoms with Gasteiger partial charge < -0.3 is 5.32 Å². The lowest BCUT2D eigenvalue weighted by atomic mass is 10.0. The molecule has 2 aromatic rings. The van der Waals surface area contributed by atoms with Crippen molar-refractivity contribution < 1.29 is 0 Å². The van der Waals surface area contributed by atoms with Crippen molar-refractivity contribution in [2.75, 3.05) is 6.54 Å². The van der Waals surface area contributed by atoms with Crippen LogP contribution in [0.15, 0.2) is 36.5 Å². The van der Waals surface area contributed by atoms with E-state index in [0.29, 0.717) is 0 Å². The number of benzene rings is 1. The summed E-state index contributed by atoms with van der Waals surface area (Å²) in [5.41, 5.74) is 3.58. The Morgan fingerprint density at radius 2 is 1.84 bits per heavy atom. The second-order valence-electron chi connectivity index (χ2n) is 4.98. The van der Waals surface area contributed by atoms with Gasteiger partial charge in [-0.2, -0.15) is 5.10 Å². The van der Waals surface area contributed by atoms with Crippen molar-refractivity contribution in [3.63, 3.8) is 0 Å². The van der Waals surface area contributed by atoms with Gasteiger partial charge in [-0.25, -0.2) is 0 Å². The molecule has 102 valence electrons. The van der Waals surface area contributed by atoms with Gasteiger partial charge in [-0.15, -0.1) is 0 Å². The van der Waals surface area contributed by atoms with Crippen LogP contribution in [0.1, 0.15) is 32.3 Å². The molecule has 0 aliphatic rings. The second-order valence-corrected chi connectivity index (χ2v) is 4.98. The lowest BCUT2D eigenvalue weighted by Crippen LogP contribution is -2.21. The fraction of sp³-hybridized carbons (Fsp3) is 0.438. The normalized spacial score (nSPS) is 11.1. The Labute approximate surface area is 115 Å². The van der Waals surface area contributed by atoms with Gasteiger partial charge in [0, 0.05) is 12.7 Å². The Morgan fingerprint density at radius 3 is 2.42 bits per heavy atom. The van der Waals surface area contributed by atoms with Crippen molar-refractivity contribution in [3.05, 3.63) is 42.1 Å². The van der Waals surface area contributed by atoms with Crippen molar-refractivity contribution in [2.45, 2.75) is 33.2 Å². The van der Waals surface area contributed by atoms with Crippen molar-refractivity contribution >= 4 is 0 Å². The summed E-state index contributed by atoms with van der Waals surface area (Å²) in [6, 6.07) is 10.6. The SMILES string of the molecule is CCC(CC)CNCc1ccc(-c2ccn[nH]2)cc1. The zero-order valence-corrected chi connectivity index (χ0v) is 11.8. The van der Waals surface area contributed by atoms with Crippen LogP contribution >= 0.6 is 0 Å². The first kappa shape index (κ1) is 13.8. The van der Waals surface area contributed by atoms with Crippen molar-refractivity contribution in [3.8, 4) is 11.3 Å². The van der Waals surface area contributed by atoms with Crippen molar-refractivity contribution in [1.29, 1.82) is 0 Å². The summed E-state index contributed by atoms with van der Waals surface area (Å²) in [7, 11) is 0. The van der Waals surface area contributed by atoms with Gasteiger partial charge in [-0.1, -0.05) is 51.0 Å². The first-order valence-electron chi connectivity index (χ1n) is 7.12. The van der Waals surface area contributed by atoms with E-state index < -0.39 is 0 Å². The summed E-state index contributed by atoms with van der Waals surface area (Å²) in [4.78, 5) is 0. The number of aromatic nitrogens is 2. The monoisotopic (exact) mass is 257 g/mol. The molecule has 1 aromatic heterocycles. The number of H-pyrrole nitrogens is 1. The quantitative estimate of drug-likeness (QED) is 0.795. The maximum Gasteiger partial charge on any atom is 0.0650 e. The molecule has 0 spiro atoms. The van der Waals surface area contributed by atoms with Crippen molar-refractivity contribution in [1.82, 2.24) is 15.5 Å². The zero-order valence-electron chi connectivity index (χ0n) is 11.8. The van der Waals surface area contributed by atoms with Gasteiger partial charge >= 0.3 is 0 Å². The number of aromatic amines is 1. The molecule has 0 amide bonds. The van der Waals surface area contributed by atoms with Crippen LogP contribution < -0.4 is 5.32 Å². The molecule has 1 aromatic carbocycles. The molecular weight excluding hydrogens is 234 g/mol. The highest BCUT2D eigenvalue weighted by atomic mass is 15.1. The van der Waals surface area contributed by atoms with E-state index in [9.17, 15) is 0 Å². The Hall–Kier alpha value is -1.61. The molecule has 19 heavy (non-hydrogen) atoms. The van der Waals surface area contributed by atoms with Crippen LogP contribution in [0, 0.1) is 5.92 Å². The fourth-order valence-corrected chi connectivity index (χ4v) is 2.22.